The SMILES string of the molecule is CCN(CC)CCOc1cccc(C(=O)N2C/C(=C\c3ccccc3)C(=O)/C(=C/c3ccccc3)C2)c1. The molecule has 1 aliphatic heterocycles. The standard InChI is InChI=1S/C32H34N2O3/c1-3-33(4-2)18-19-37-30-17-11-16-27(22-30)32(36)34-23-28(20-25-12-7-5-8-13-25)31(35)29(24-34)21-26-14-9-6-10-15-26/h5-17,20-22H,3-4,18-19,23-24H2,1-2H3/b28-20+,29-21+. The molecular weight excluding hydrogens is 460 g/mol. The summed E-state index contributed by atoms with van der Waals surface area (Å²) in [7, 11) is 0. The predicted octanol–water partition coefficient (Wildman–Crippen LogP) is 5.60. The summed E-state index contributed by atoms with van der Waals surface area (Å²) < 4.78 is 5.95. The normalized spacial score (nSPS) is 16.0. The average molecular weight is 495 g/mol. The Morgan fingerprint density at radius 2 is 1.41 bits per heavy atom. The fourth-order valence-corrected chi connectivity index (χ4v) is 4.42. The number of hydrogen-bond acceptors (Lipinski definition) is 4. The van der Waals surface area contributed by atoms with Gasteiger partial charge in [-0.05, 0) is 54.6 Å². The lowest BCUT2D eigenvalue weighted by atomic mass is 9.93. The lowest BCUT2D eigenvalue weighted by Gasteiger charge is -2.30. The zero-order chi connectivity index (χ0) is 26.0. The second kappa shape index (κ2) is 12.8. The molecule has 0 aromatic heterocycles. The number of likely N-dealkylation sites (tertiary alicyclic amines) is 1. The van der Waals surface area contributed by atoms with E-state index in [0.29, 0.717) is 29.1 Å². The Kier molecular flexibility index (Phi) is 9.06. The Labute approximate surface area is 219 Å². The molecule has 0 aliphatic carbocycles. The molecule has 1 aliphatic rings. The van der Waals surface area contributed by atoms with Gasteiger partial charge in [-0.2, -0.15) is 0 Å². The highest BCUT2D eigenvalue weighted by molar-refractivity contribution is 6.15. The Balaban J connectivity index is 1.58. The number of ether oxygens (including phenoxy) is 1. The number of rotatable bonds is 9. The van der Waals surface area contributed by atoms with Gasteiger partial charge in [-0.1, -0.05) is 80.6 Å². The third-order valence-electron chi connectivity index (χ3n) is 6.53. The van der Waals surface area contributed by atoms with E-state index in [1.165, 1.54) is 0 Å². The van der Waals surface area contributed by atoms with Crippen LogP contribution in [0.1, 0.15) is 35.3 Å². The second-order valence-corrected chi connectivity index (χ2v) is 9.05. The maximum Gasteiger partial charge on any atom is 0.254 e. The van der Waals surface area contributed by atoms with Crippen molar-refractivity contribution in [3.8, 4) is 5.75 Å². The minimum absolute atomic E-state index is 0.0229. The first kappa shape index (κ1) is 26.1. The highest BCUT2D eigenvalue weighted by Gasteiger charge is 2.29. The van der Waals surface area contributed by atoms with Gasteiger partial charge in [-0.25, -0.2) is 0 Å². The van der Waals surface area contributed by atoms with E-state index in [4.69, 9.17) is 4.74 Å². The van der Waals surface area contributed by atoms with Gasteiger partial charge in [0, 0.05) is 23.3 Å². The Hall–Kier alpha value is -3.96. The van der Waals surface area contributed by atoms with E-state index in [1.807, 2.05) is 84.9 Å². The van der Waals surface area contributed by atoms with Crippen LogP contribution >= 0.6 is 0 Å². The molecule has 0 atom stereocenters. The van der Waals surface area contributed by atoms with Crippen LogP contribution < -0.4 is 4.74 Å². The van der Waals surface area contributed by atoms with Crippen LogP contribution in [-0.4, -0.2) is 60.8 Å². The van der Waals surface area contributed by atoms with Crippen molar-refractivity contribution in [1.29, 1.82) is 0 Å². The lowest BCUT2D eigenvalue weighted by molar-refractivity contribution is -0.113. The van der Waals surface area contributed by atoms with E-state index in [9.17, 15) is 9.59 Å². The highest BCUT2D eigenvalue weighted by Crippen LogP contribution is 2.24. The van der Waals surface area contributed by atoms with Crippen LogP contribution in [0.25, 0.3) is 12.2 Å². The second-order valence-electron chi connectivity index (χ2n) is 9.05. The van der Waals surface area contributed by atoms with E-state index in [2.05, 4.69) is 18.7 Å². The van der Waals surface area contributed by atoms with Crippen LogP contribution in [-0.2, 0) is 4.79 Å². The number of ketones is 1. The average Bonchev–Trinajstić information content (AvgIpc) is 2.94. The number of carbonyl (C=O) groups is 2. The van der Waals surface area contributed by atoms with Crippen molar-refractivity contribution in [3.05, 3.63) is 113 Å². The first-order valence-electron chi connectivity index (χ1n) is 12.9. The molecule has 4 rings (SSSR count). The zero-order valence-electron chi connectivity index (χ0n) is 21.6. The van der Waals surface area contributed by atoms with Crippen molar-refractivity contribution in [2.45, 2.75) is 13.8 Å². The molecule has 190 valence electrons. The molecule has 3 aromatic rings. The van der Waals surface area contributed by atoms with Crippen molar-refractivity contribution >= 4 is 23.8 Å². The van der Waals surface area contributed by atoms with Gasteiger partial charge in [0.1, 0.15) is 12.4 Å². The molecule has 3 aromatic carbocycles. The topological polar surface area (TPSA) is 49.9 Å². The van der Waals surface area contributed by atoms with E-state index in [-0.39, 0.29) is 24.8 Å². The summed E-state index contributed by atoms with van der Waals surface area (Å²) in [4.78, 5) is 31.1. The van der Waals surface area contributed by atoms with Gasteiger partial charge < -0.3 is 14.5 Å². The lowest BCUT2D eigenvalue weighted by Crippen LogP contribution is -2.41. The van der Waals surface area contributed by atoms with E-state index in [0.717, 1.165) is 30.8 Å². The number of likely N-dealkylation sites (N-methyl/N-ethyl adjacent to an activating group) is 1. The summed E-state index contributed by atoms with van der Waals surface area (Å²) >= 11 is 0. The summed E-state index contributed by atoms with van der Waals surface area (Å²) in [6, 6.07) is 26.8. The van der Waals surface area contributed by atoms with Crippen molar-refractivity contribution in [3.63, 3.8) is 0 Å². The summed E-state index contributed by atoms with van der Waals surface area (Å²) in [6.07, 6.45) is 3.76. The minimum atomic E-state index is -0.125. The number of carbonyl (C=O) groups excluding carboxylic acids is 2. The van der Waals surface area contributed by atoms with Gasteiger partial charge in [-0.15, -0.1) is 0 Å². The third-order valence-corrected chi connectivity index (χ3v) is 6.53. The van der Waals surface area contributed by atoms with Crippen molar-refractivity contribution in [2.75, 3.05) is 39.3 Å². The first-order chi connectivity index (χ1) is 18.1. The summed E-state index contributed by atoms with van der Waals surface area (Å²) in [5.74, 6) is 0.524. The van der Waals surface area contributed by atoms with Crippen molar-refractivity contribution < 1.29 is 14.3 Å². The van der Waals surface area contributed by atoms with Gasteiger partial charge in [0.2, 0.25) is 0 Å². The quantitative estimate of drug-likeness (QED) is 0.364. The predicted molar refractivity (Wildman–Crippen MR) is 149 cm³/mol. The first-order valence-corrected chi connectivity index (χ1v) is 12.9. The fourth-order valence-electron chi connectivity index (χ4n) is 4.42. The Morgan fingerprint density at radius 3 is 1.95 bits per heavy atom. The number of Topliss-reactive ketones (excluding diaryl/α,β-unsaturated/α-hetero) is 1. The molecule has 5 nitrogen and oxygen atoms in total. The summed E-state index contributed by atoms with van der Waals surface area (Å²) in [6.45, 7) is 8.12. The highest BCUT2D eigenvalue weighted by atomic mass is 16.5. The summed E-state index contributed by atoms with van der Waals surface area (Å²) in [5, 5.41) is 0. The fraction of sp³-hybridized carbons (Fsp3) is 0.250. The third kappa shape index (κ3) is 7.05. The van der Waals surface area contributed by atoms with E-state index >= 15 is 0 Å². The molecule has 1 amide bonds. The van der Waals surface area contributed by atoms with Gasteiger partial charge in [0.25, 0.3) is 5.91 Å². The smallest absolute Gasteiger partial charge is 0.254 e. The van der Waals surface area contributed by atoms with Crippen molar-refractivity contribution in [2.24, 2.45) is 0 Å². The molecule has 0 saturated carbocycles. The largest absolute Gasteiger partial charge is 0.492 e. The van der Waals surface area contributed by atoms with Crippen LogP contribution in [0.2, 0.25) is 0 Å². The van der Waals surface area contributed by atoms with Crippen LogP contribution in [0, 0.1) is 0 Å². The number of nitrogens with zero attached hydrogens (tertiary/aromatic N) is 2. The number of piperidine rings is 1. The molecule has 0 unspecified atom stereocenters. The molecule has 1 saturated heterocycles. The molecule has 0 radical (unpaired) electrons. The maximum absolute atomic E-state index is 13.6. The van der Waals surface area contributed by atoms with Crippen LogP contribution in [0.15, 0.2) is 96.1 Å². The number of hydrogen-bond donors (Lipinski definition) is 0. The monoisotopic (exact) mass is 494 g/mol. The Morgan fingerprint density at radius 1 is 0.838 bits per heavy atom. The minimum Gasteiger partial charge on any atom is -0.492 e. The summed E-state index contributed by atoms with van der Waals surface area (Å²) in [5.41, 5.74) is 3.61. The van der Waals surface area contributed by atoms with Gasteiger partial charge in [0.05, 0.1) is 13.1 Å². The molecule has 1 heterocycles. The molecule has 37 heavy (non-hydrogen) atoms. The van der Waals surface area contributed by atoms with Gasteiger partial charge in [-0.3, -0.25) is 9.59 Å². The Bertz CT molecular complexity index is 1200. The van der Waals surface area contributed by atoms with Crippen molar-refractivity contribution in [1.82, 2.24) is 9.80 Å². The molecular formula is C32H34N2O3. The van der Waals surface area contributed by atoms with Gasteiger partial charge >= 0.3 is 0 Å². The van der Waals surface area contributed by atoms with Crippen LogP contribution in [0.4, 0.5) is 0 Å². The molecule has 0 N–H and O–H groups in total. The number of amides is 1. The maximum atomic E-state index is 13.6. The van der Waals surface area contributed by atoms with E-state index in [1.54, 1.807) is 17.0 Å². The molecule has 0 bridgehead atoms. The molecule has 5 heteroatoms. The number of benzene rings is 3. The van der Waals surface area contributed by atoms with Crippen LogP contribution in [0.3, 0.4) is 0 Å². The van der Waals surface area contributed by atoms with Crippen LogP contribution in [0.5, 0.6) is 5.75 Å². The molecule has 1 fully saturated rings. The zero-order valence-corrected chi connectivity index (χ0v) is 21.6. The van der Waals surface area contributed by atoms with E-state index < -0.39 is 0 Å². The molecule has 0 spiro atoms. The van der Waals surface area contributed by atoms with Gasteiger partial charge in [0.15, 0.2) is 5.78 Å².